The fourth-order valence-electron chi connectivity index (χ4n) is 1.64. The molecule has 0 N–H and O–H groups in total. The van der Waals surface area contributed by atoms with Crippen LogP contribution in [0.1, 0.15) is 6.92 Å². The lowest BCUT2D eigenvalue weighted by Gasteiger charge is -2.33. The van der Waals surface area contributed by atoms with Gasteiger partial charge in [-0.05, 0) is 45.4 Å². The second-order valence-corrected chi connectivity index (χ2v) is 15.8. The Bertz CT molecular complexity index is 367. The second kappa shape index (κ2) is 8.68. The zero-order valence-electron chi connectivity index (χ0n) is 14.4. The minimum Gasteiger partial charge on any atom is -0.462 e. The van der Waals surface area contributed by atoms with Gasteiger partial charge in [0.15, 0.2) is 16.6 Å². The van der Waals surface area contributed by atoms with Gasteiger partial charge in [0, 0.05) is 6.92 Å². The van der Waals surface area contributed by atoms with Crippen molar-refractivity contribution in [3.63, 3.8) is 0 Å². The molecule has 0 saturated carbocycles. The number of rotatable bonds is 9. The lowest BCUT2D eigenvalue weighted by atomic mass is 10.2. The fourth-order valence-corrected chi connectivity index (χ4v) is 3.71. The molecule has 0 amide bonds. The number of esters is 1. The van der Waals surface area contributed by atoms with Crippen LogP contribution in [-0.4, -0.2) is 41.4 Å². The molecule has 0 bridgehead atoms. The van der Waals surface area contributed by atoms with Crippen LogP contribution in [0, 0.1) is 0 Å². The molecule has 0 spiro atoms. The van der Waals surface area contributed by atoms with Gasteiger partial charge in [0.1, 0.15) is 6.61 Å². The summed E-state index contributed by atoms with van der Waals surface area (Å²) in [6, 6.07) is 0. The van der Waals surface area contributed by atoms with Crippen molar-refractivity contribution in [2.75, 3.05) is 6.61 Å². The molecule has 0 heterocycles. The van der Waals surface area contributed by atoms with Gasteiger partial charge in [-0.3, -0.25) is 4.79 Å². The first kappa shape index (κ1) is 20.3. The quantitative estimate of drug-likeness (QED) is 0.367. The van der Waals surface area contributed by atoms with Gasteiger partial charge in [0.2, 0.25) is 0 Å². The maximum Gasteiger partial charge on any atom is 0.302 e. The fraction of sp³-hybridized carbons (Fsp3) is 0.667. The maximum atomic E-state index is 10.8. The number of carbonyl (C=O) groups excluding carboxylic acids is 1. The molecule has 0 saturated heterocycles. The highest BCUT2D eigenvalue weighted by molar-refractivity contribution is 6.70. The van der Waals surface area contributed by atoms with Gasteiger partial charge in [-0.25, -0.2) is 0 Å². The summed E-state index contributed by atoms with van der Waals surface area (Å²) in [4.78, 5) is 10.8. The van der Waals surface area contributed by atoms with Gasteiger partial charge in [0.05, 0.1) is 12.2 Å². The minimum absolute atomic E-state index is 0.183. The molecule has 6 heteroatoms. The van der Waals surface area contributed by atoms with Crippen LogP contribution in [0.3, 0.4) is 0 Å². The van der Waals surface area contributed by atoms with Gasteiger partial charge in [-0.1, -0.05) is 12.2 Å². The van der Waals surface area contributed by atoms with Crippen LogP contribution in [0.25, 0.3) is 0 Å². The summed E-state index contributed by atoms with van der Waals surface area (Å²) >= 11 is 0. The van der Waals surface area contributed by atoms with Gasteiger partial charge < -0.3 is 13.6 Å². The summed E-state index contributed by atoms with van der Waals surface area (Å²) in [6.45, 7) is 18.3. The van der Waals surface area contributed by atoms with Crippen molar-refractivity contribution >= 4 is 22.6 Å². The molecule has 0 rings (SSSR count). The molecule has 0 aromatic heterocycles. The average molecular weight is 331 g/mol. The molecule has 0 aliphatic carbocycles. The van der Waals surface area contributed by atoms with Crippen molar-refractivity contribution < 1.29 is 18.4 Å². The number of carbonyl (C=O) groups is 1. The normalized spacial score (nSPS) is 15.8. The van der Waals surface area contributed by atoms with E-state index in [0.717, 1.165) is 0 Å². The molecule has 2 atom stereocenters. The van der Waals surface area contributed by atoms with E-state index < -0.39 is 16.6 Å². The van der Waals surface area contributed by atoms with Crippen molar-refractivity contribution in [1.29, 1.82) is 0 Å². The first-order valence-electron chi connectivity index (χ1n) is 7.23. The highest BCUT2D eigenvalue weighted by atomic mass is 28.4. The topological polar surface area (TPSA) is 44.8 Å². The Morgan fingerprint density at radius 3 is 1.90 bits per heavy atom. The largest absolute Gasteiger partial charge is 0.462 e. The zero-order chi connectivity index (χ0) is 16.7. The standard InChI is InChI=1S/C15H30O4Si2/c1-9-14(18-20(3,4)5)15(19-21(6,7)8)11-10-12-17-13(2)16/h9-11,14-15H,1,12H2,2-8H3/b11-10+/t14-,15+/m0/s1. The third-order valence-electron chi connectivity index (χ3n) is 2.24. The third-order valence-corrected chi connectivity index (χ3v) is 4.20. The summed E-state index contributed by atoms with van der Waals surface area (Å²) < 4.78 is 17.2. The highest BCUT2D eigenvalue weighted by Crippen LogP contribution is 2.18. The van der Waals surface area contributed by atoms with E-state index in [2.05, 4.69) is 45.9 Å². The molecule has 0 aromatic rings. The molecule has 0 unspecified atom stereocenters. The first-order chi connectivity index (χ1) is 9.44. The van der Waals surface area contributed by atoms with Gasteiger partial charge >= 0.3 is 5.97 Å². The monoisotopic (exact) mass is 330 g/mol. The minimum atomic E-state index is -1.73. The predicted molar refractivity (Wildman–Crippen MR) is 92.4 cm³/mol. The van der Waals surface area contributed by atoms with Crippen molar-refractivity contribution in [2.24, 2.45) is 0 Å². The van der Waals surface area contributed by atoms with Gasteiger partial charge in [-0.2, -0.15) is 0 Å². The smallest absolute Gasteiger partial charge is 0.302 e. The highest BCUT2D eigenvalue weighted by Gasteiger charge is 2.28. The molecular formula is C15H30O4Si2. The molecule has 4 nitrogen and oxygen atoms in total. The predicted octanol–water partition coefficient (Wildman–Crippen LogP) is 3.73. The molecule has 21 heavy (non-hydrogen) atoms. The van der Waals surface area contributed by atoms with Crippen molar-refractivity contribution in [2.45, 2.75) is 58.4 Å². The summed E-state index contributed by atoms with van der Waals surface area (Å²) in [7, 11) is -3.43. The Morgan fingerprint density at radius 1 is 1.05 bits per heavy atom. The maximum absolute atomic E-state index is 10.8. The average Bonchev–Trinajstić information content (AvgIpc) is 2.27. The van der Waals surface area contributed by atoms with Gasteiger partial charge in [0.25, 0.3) is 0 Å². The van der Waals surface area contributed by atoms with Crippen LogP contribution in [0.4, 0.5) is 0 Å². The number of ether oxygens (including phenoxy) is 1. The summed E-state index contributed by atoms with van der Waals surface area (Å²) in [5.74, 6) is -0.291. The first-order valence-corrected chi connectivity index (χ1v) is 14.0. The number of hydrogen-bond acceptors (Lipinski definition) is 4. The number of hydrogen-bond donors (Lipinski definition) is 0. The molecule has 0 aliphatic rings. The van der Waals surface area contributed by atoms with E-state index in [-0.39, 0.29) is 24.8 Å². The Hall–Kier alpha value is -0.696. The van der Waals surface area contributed by atoms with Crippen LogP contribution in [0.15, 0.2) is 24.8 Å². The molecule has 0 fully saturated rings. The van der Waals surface area contributed by atoms with Crippen LogP contribution in [0.5, 0.6) is 0 Å². The molecular weight excluding hydrogens is 300 g/mol. The Labute approximate surface area is 131 Å². The molecule has 0 aliphatic heterocycles. The van der Waals surface area contributed by atoms with Crippen molar-refractivity contribution in [1.82, 2.24) is 0 Å². The van der Waals surface area contributed by atoms with Crippen LogP contribution < -0.4 is 0 Å². The van der Waals surface area contributed by atoms with Crippen LogP contribution >= 0.6 is 0 Å². The van der Waals surface area contributed by atoms with Crippen molar-refractivity contribution in [3.8, 4) is 0 Å². The summed E-state index contributed by atoms with van der Waals surface area (Å²) in [5, 5.41) is 0. The van der Waals surface area contributed by atoms with Crippen LogP contribution in [0.2, 0.25) is 39.3 Å². The second-order valence-electron chi connectivity index (χ2n) is 6.86. The SMILES string of the molecule is C=C[C@H](O[Si](C)(C)C)[C@@H](/C=C/COC(C)=O)O[Si](C)(C)C. The Kier molecular flexibility index (Phi) is 8.39. The van der Waals surface area contributed by atoms with E-state index in [1.54, 1.807) is 12.2 Å². The van der Waals surface area contributed by atoms with E-state index in [1.165, 1.54) is 6.92 Å². The van der Waals surface area contributed by atoms with E-state index >= 15 is 0 Å². The lowest BCUT2D eigenvalue weighted by molar-refractivity contribution is -0.139. The van der Waals surface area contributed by atoms with E-state index in [9.17, 15) is 4.79 Å². The molecule has 0 radical (unpaired) electrons. The van der Waals surface area contributed by atoms with E-state index in [1.807, 2.05) is 6.08 Å². The lowest BCUT2D eigenvalue weighted by Crippen LogP contribution is -2.42. The molecule has 122 valence electrons. The third kappa shape index (κ3) is 11.6. The summed E-state index contributed by atoms with van der Waals surface area (Å²) in [6.07, 6.45) is 5.12. The Morgan fingerprint density at radius 2 is 1.52 bits per heavy atom. The Balaban J connectivity index is 4.92. The van der Waals surface area contributed by atoms with E-state index in [0.29, 0.717) is 0 Å². The van der Waals surface area contributed by atoms with Crippen LogP contribution in [-0.2, 0) is 18.4 Å². The van der Waals surface area contributed by atoms with Crippen molar-refractivity contribution in [3.05, 3.63) is 24.8 Å². The zero-order valence-corrected chi connectivity index (χ0v) is 16.4. The molecule has 0 aromatic carbocycles. The summed E-state index contributed by atoms with van der Waals surface area (Å²) in [5.41, 5.74) is 0. The van der Waals surface area contributed by atoms with E-state index in [4.69, 9.17) is 13.6 Å². The van der Waals surface area contributed by atoms with Gasteiger partial charge in [-0.15, -0.1) is 6.58 Å².